The van der Waals surface area contributed by atoms with Gasteiger partial charge in [0.15, 0.2) is 0 Å². The summed E-state index contributed by atoms with van der Waals surface area (Å²) in [6.07, 6.45) is 0.129. The summed E-state index contributed by atoms with van der Waals surface area (Å²) in [5, 5.41) is 12.5. The van der Waals surface area contributed by atoms with Crippen molar-refractivity contribution in [3.63, 3.8) is 0 Å². The van der Waals surface area contributed by atoms with Crippen LogP contribution in [-0.4, -0.2) is 29.7 Å². The van der Waals surface area contributed by atoms with E-state index >= 15 is 0 Å². The molecule has 2 atom stereocenters. The summed E-state index contributed by atoms with van der Waals surface area (Å²) < 4.78 is 0. The molecule has 4 nitrogen and oxygen atoms in total. The Morgan fingerprint density at radius 2 is 1.67 bits per heavy atom. The van der Waals surface area contributed by atoms with Crippen LogP contribution in [0.1, 0.15) is 48.0 Å². The first-order valence-electron chi connectivity index (χ1n) is 6.15. The summed E-state index contributed by atoms with van der Waals surface area (Å²) in [4.78, 5) is 11.7. The molecule has 0 aliphatic rings. The van der Waals surface area contributed by atoms with Gasteiger partial charge in [-0.2, -0.15) is 0 Å². The Hall–Kier alpha value is -0.320. The van der Waals surface area contributed by atoms with Crippen LogP contribution in [0.2, 0.25) is 0 Å². The molecule has 1 amide bonds. The van der Waals surface area contributed by atoms with E-state index in [4.69, 9.17) is 5.73 Å². The van der Waals surface area contributed by atoms with Crippen molar-refractivity contribution in [3.8, 4) is 0 Å². The number of nitrogens with two attached hydrogens (primary N) is 1. The van der Waals surface area contributed by atoms with Crippen LogP contribution < -0.4 is 11.1 Å². The zero-order chi connectivity index (χ0) is 13.9. The summed E-state index contributed by atoms with van der Waals surface area (Å²) in [5.74, 6) is -0.203. The van der Waals surface area contributed by atoms with E-state index in [1.54, 1.807) is 0 Å². The van der Waals surface area contributed by atoms with E-state index in [0.29, 0.717) is 6.42 Å². The second-order valence-corrected chi connectivity index (χ2v) is 7.01. The van der Waals surface area contributed by atoms with Crippen molar-refractivity contribution in [2.75, 3.05) is 6.54 Å². The van der Waals surface area contributed by atoms with Crippen molar-refractivity contribution in [1.82, 2.24) is 5.32 Å². The zero-order valence-corrected chi connectivity index (χ0v) is 13.2. The molecular weight excluding hydrogens is 252 g/mol. The normalized spacial score (nSPS) is 15.6. The van der Waals surface area contributed by atoms with Crippen LogP contribution in [-0.2, 0) is 4.79 Å². The van der Waals surface area contributed by atoms with Crippen molar-refractivity contribution in [1.29, 1.82) is 0 Å². The monoisotopic (exact) mass is 280 g/mol. The Morgan fingerprint density at radius 1 is 1.22 bits per heavy atom. The molecule has 4 N–H and O–H groups in total. The highest BCUT2D eigenvalue weighted by Crippen LogP contribution is 2.20. The topological polar surface area (TPSA) is 75.3 Å². The standard InChI is InChI=1S/C13H28N2O2.ClH/c1-12(2,3)7-9(16)8-15-11(17)10(14)13(4,5)6;/h9-10,16H,7-8,14H2,1-6H3,(H,15,17);1H/t9?,10-;/m1./s1. The maximum absolute atomic E-state index is 11.7. The van der Waals surface area contributed by atoms with Gasteiger partial charge in [0.05, 0.1) is 12.1 Å². The van der Waals surface area contributed by atoms with Crippen molar-refractivity contribution in [2.24, 2.45) is 16.6 Å². The number of hydrogen-bond donors (Lipinski definition) is 3. The third kappa shape index (κ3) is 8.72. The molecule has 0 saturated heterocycles. The van der Waals surface area contributed by atoms with Gasteiger partial charge in [0, 0.05) is 6.54 Å². The first-order chi connectivity index (χ1) is 7.43. The summed E-state index contributed by atoms with van der Waals surface area (Å²) in [6.45, 7) is 12.2. The number of aliphatic hydroxyl groups is 1. The molecule has 0 aliphatic carbocycles. The van der Waals surface area contributed by atoms with Gasteiger partial charge in [-0.25, -0.2) is 0 Å². The fourth-order valence-electron chi connectivity index (χ4n) is 1.50. The molecule has 5 heteroatoms. The summed E-state index contributed by atoms with van der Waals surface area (Å²) in [7, 11) is 0. The highest BCUT2D eigenvalue weighted by atomic mass is 35.5. The summed E-state index contributed by atoms with van der Waals surface area (Å²) in [6, 6.07) is -0.552. The second-order valence-electron chi connectivity index (χ2n) is 7.01. The number of nitrogens with one attached hydrogen (secondary N) is 1. The lowest BCUT2D eigenvalue weighted by Crippen LogP contribution is -2.50. The molecule has 0 rings (SSSR count). The average molecular weight is 281 g/mol. The highest BCUT2D eigenvalue weighted by Gasteiger charge is 2.27. The van der Waals surface area contributed by atoms with Gasteiger partial charge in [-0.1, -0.05) is 41.5 Å². The van der Waals surface area contributed by atoms with Gasteiger partial charge >= 0.3 is 0 Å². The molecule has 1 unspecified atom stereocenters. The Labute approximate surface area is 117 Å². The predicted molar refractivity (Wildman–Crippen MR) is 77.8 cm³/mol. The number of halogens is 1. The largest absolute Gasteiger partial charge is 0.391 e. The molecule has 110 valence electrons. The molecule has 0 aromatic rings. The highest BCUT2D eigenvalue weighted by molar-refractivity contribution is 5.85. The molecule has 0 heterocycles. The van der Waals surface area contributed by atoms with Gasteiger partial charge in [0.2, 0.25) is 5.91 Å². The molecule has 0 spiro atoms. The van der Waals surface area contributed by atoms with E-state index in [1.807, 2.05) is 20.8 Å². The Morgan fingerprint density at radius 3 is 2.00 bits per heavy atom. The van der Waals surface area contributed by atoms with E-state index < -0.39 is 12.1 Å². The molecular formula is C13H29ClN2O2. The molecule has 0 radical (unpaired) electrons. The van der Waals surface area contributed by atoms with Crippen molar-refractivity contribution in [2.45, 2.75) is 60.1 Å². The van der Waals surface area contributed by atoms with Gasteiger partial charge in [0.1, 0.15) is 0 Å². The average Bonchev–Trinajstić information content (AvgIpc) is 2.08. The molecule has 0 bridgehead atoms. The first kappa shape index (κ1) is 20.0. The van der Waals surface area contributed by atoms with Crippen LogP contribution in [0, 0.1) is 10.8 Å². The van der Waals surface area contributed by atoms with E-state index in [9.17, 15) is 9.90 Å². The zero-order valence-electron chi connectivity index (χ0n) is 12.4. The molecule has 0 aromatic carbocycles. The van der Waals surface area contributed by atoms with Crippen LogP contribution in [0.3, 0.4) is 0 Å². The molecule has 18 heavy (non-hydrogen) atoms. The fourth-order valence-corrected chi connectivity index (χ4v) is 1.50. The third-order valence-electron chi connectivity index (χ3n) is 2.58. The minimum Gasteiger partial charge on any atom is -0.391 e. The van der Waals surface area contributed by atoms with Crippen molar-refractivity contribution >= 4 is 18.3 Å². The quantitative estimate of drug-likeness (QED) is 0.734. The van der Waals surface area contributed by atoms with Crippen LogP contribution in [0.4, 0.5) is 0 Å². The lowest BCUT2D eigenvalue weighted by molar-refractivity contribution is -0.125. The molecule has 0 fully saturated rings. The molecule has 0 saturated carbocycles. The fraction of sp³-hybridized carbons (Fsp3) is 0.923. The van der Waals surface area contributed by atoms with E-state index in [2.05, 4.69) is 26.1 Å². The Kier molecular flexibility index (Phi) is 8.13. The van der Waals surface area contributed by atoms with E-state index in [-0.39, 0.29) is 35.7 Å². The van der Waals surface area contributed by atoms with Crippen molar-refractivity contribution in [3.05, 3.63) is 0 Å². The van der Waals surface area contributed by atoms with Gasteiger partial charge in [-0.3, -0.25) is 4.79 Å². The lowest BCUT2D eigenvalue weighted by atomic mass is 9.86. The van der Waals surface area contributed by atoms with E-state index in [0.717, 1.165) is 0 Å². The van der Waals surface area contributed by atoms with Gasteiger partial charge in [-0.15, -0.1) is 12.4 Å². The Balaban J connectivity index is 0. The van der Waals surface area contributed by atoms with Crippen molar-refractivity contribution < 1.29 is 9.90 Å². The van der Waals surface area contributed by atoms with Gasteiger partial charge in [0.25, 0.3) is 0 Å². The van der Waals surface area contributed by atoms with Crippen LogP contribution in [0.5, 0.6) is 0 Å². The second kappa shape index (κ2) is 7.31. The summed E-state index contributed by atoms with van der Waals surface area (Å²) in [5.41, 5.74) is 5.60. The number of hydrogen-bond acceptors (Lipinski definition) is 3. The molecule has 0 aliphatic heterocycles. The Bertz CT molecular complexity index is 257. The molecule has 0 aromatic heterocycles. The van der Waals surface area contributed by atoms with Gasteiger partial charge < -0.3 is 16.2 Å². The minimum atomic E-state index is -0.552. The smallest absolute Gasteiger partial charge is 0.237 e. The number of aliphatic hydroxyl groups excluding tert-OH is 1. The van der Waals surface area contributed by atoms with Crippen LogP contribution >= 0.6 is 12.4 Å². The number of carbonyl (C=O) groups is 1. The number of amides is 1. The van der Waals surface area contributed by atoms with Gasteiger partial charge in [-0.05, 0) is 17.3 Å². The number of rotatable bonds is 4. The van der Waals surface area contributed by atoms with E-state index in [1.165, 1.54) is 0 Å². The lowest BCUT2D eigenvalue weighted by Gasteiger charge is -2.27. The number of carbonyl (C=O) groups excluding carboxylic acids is 1. The maximum atomic E-state index is 11.7. The van der Waals surface area contributed by atoms with Crippen LogP contribution in [0.15, 0.2) is 0 Å². The predicted octanol–water partition coefficient (Wildman–Crippen LogP) is 1.69. The summed E-state index contributed by atoms with van der Waals surface area (Å²) >= 11 is 0. The van der Waals surface area contributed by atoms with Crippen LogP contribution in [0.25, 0.3) is 0 Å². The first-order valence-corrected chi connectivity index (χ1v) is 6.15. The minimum absolute atomic E-state index is 0. The maximum Gasteiger partial charge on any atom is 0.237 e. The third-order valence-corrected chi connectivity index (χ3v) is 2.58. The SMILES string of the molecule is CC(C)(C)CC(O)CNC(=O)[C@@H](N)C(C)(C)C.Cl.